The number of rotatable bonds is 2. The van der Waals surface area contributed by atoms with Crippen LogP contribution >= 0.6 is 0 Å². The molecule has 33 heavy (non-hydrogen) atoms. The van der Waals surface area contributed by atoms with Crippen molar-refractivity contribution >= 4 is 0 Å². The molecule has 2 N–H and O–H groups in total. The topological polar surface area (TPSA) is 68.2 Å². The molecule has 0 amide bonds. The Balaban J connectivity index is 1.26. The van der Waals surface area contributed by atoms with Gasteiger partial charge in [-0.05, 0) is 98.7 Å². The van der Waals surface area contributed by atoms with Gasteiger partial charge in [0.25, 0.3) is 0 Å². The van der Waals surface area contributed by atoms with Gasteiger partial charge in [0.2, 0.25) is 0 Å². The highest BCUT2D eigenvalue weighted by Gasteiger charge is 2.72. The number of methoxy groups -OCH3 is 1. The fourth-order valence-electron chi connectivity index (χ4n) is 10.7. The Morgan fingerprint density at radius 2 is 1.73 bits per heavy atom. The van der Waals surface area contributed by atoms with Crippen LogP contribution in [0.2, 0.25) is 0 Å². The van der Waals surface area contributed by atoms with Gasteiger partial charge in [0.1, 0.15) is 6.10 Å². The summed E-state index contributed by atoms with van der Waals surface area (Å²) in [5, 5.41) is 21.0. The van der Waals surface area contributed by atoms with E-state index in [0.717, 1.165) is 24.2 Å². The van der Waals surface area contributed by atoms with E-state index in [1.165, 1.54) is 44.9 Å². The maximum Gasteiger partial charge on any atom is 0.198 e. The van der Waals surface area contributed by atoms with E-state index in [9.17, 15) is 10.2 Å². The number of hydrogen-bond donors (Lipinski definition) is 2. The minimum atomic E-state index is -0.945. The zero-order valence-electron chi connectivity index (χ0n) is 21.4. The van der Waals surface area contributed by atoms with Gasteiger partial charge in [-0.25, -0.2) is 0 Å². The van der Waals surface area contributed by atoms with Crippen LogP contribution in [-0.2, 0) is 14.2 Å². The van der Waals surface area contributed by atoms with E-state index < -0.39 is 17.5 Å². The Morgan fingerprint density at radius 3 is 2.42 bits per heavy atom. The Hall–Kier alpha value is -0.200. The van der Waals surface area contributed by atoms with Gasteiger partial charge in [0, 0.05) is 19.4 Å². The minimum absolute atomic E-state index is 0.0788. The number of aliphatic hydroxyl groups is 2. The molecular formula is C28H46O5. The Bertz CT molecular complexity index is 788. The molecule has 5 nitrogen and oxygen atoms in total. The van der Waals surface area contributed by atoms with Crippen molar-refractivity contribution in [2.75, 3.05) is 13.7 Å². The zero-order chi connectivity index (χ0) is 23.4. The minimum Gasteiger partial charge on any atom is -0.393 e. The summed E-state index contributed by atoms with van der Waals surface area (Å²) >= 11 is 0. The molecule has 1 spiro atoms. The van der Waals surface area contributed by atoms with Crippen LogP contribution in [0.15, 0.2) is 0 Å². The van der Waals surface area contributed by atoms with Crippen LogP contribution in [0.1, 0.15) is 85.5 Å². The van der Waals surface area contributed by atoms with Crippen molar-refractivity contribution in [1.29, 1.82) is 0 Å². The lowest BCUT2D eigenvalue weighted by atomic mass is 9.44. The number of fused-ring (bicyclic) bond motifs is 7. The van der Waals surface area contributed by atoms with Crippen LogP contribution in [0.4, 0.5) is 0 Å². The summed E-state index contributed by atoms with van der Waals surface area (Å²) in [6, 6.07) is 0. The van der Waals surface area contributed by atoms with Gasteiger partial charge in [-0.3, -0.25) is 0 Å². The van der Waals surface area contributed by atoms with E-state index in [-0.39, 0.29) is 24.0 Å². The summed E-state index contributed by atoms with van der Waals surface area (Å²) in [6.07, 6.45) is 10.7. The molecule has 5 heteroatoms. The van der Waals surface area contributed by atoms with E-state index in [4.69, 9.17) is 14.2 Å². The van der Waals surface area contributed by atoms with E-state index in [1.807, 2.05) is 14.0 Å². The lowest BCUT2D eigenvalue weighted by molar-refractivity contribution is -0.285. The Kier molecular flexibility index (Phi) is 5.21. The highest BCUT2D eigenvalue weighted by Crippen LogP contribution is 2.71. The van der Waals surface area contributed by atoms with Crippen LogP contribution in [-0.4, -0.2) is 53.6 Å². The van der Waals surface area contributed by atoms with Gasteiger partial charge in [0.05, 0.1) is 24.4 Å². The molecule has 6 aliphatic rings. The van der Waals surface area contributed by atoms with Gasteiger partial charge < -0.3 is 24.4 Å². The Labute approximate surface area is 199 Å². The third-order valence-corrected chi connectivity index (χ3v) is 12.4. The second-order valence-corrected chi connectivity index (χ2v) is 13.7. The van der Waals surface area contributed by atoms with Crippen molar-refractivity contribution < 1.29 is 24.4 Å². The molecule has 0 aromatic heterocycles. The van der Waals surface area contributed by atoms with Crippen molar-refractivity contribution in [3.63, 3.8) is 0 Å². The molecule has 4 aliphatic carbocycles. The average molecular weight is 463 g/mol. The lowest BCUT2D eigenvalue weighted by Crippen LogP contribution is -2.55. The molecule has 0 aromatic rings. The first-order valence-corrected chi connectivity index (χ1v) is 13.8. The standard InChI is InChI=1S/C28H46O5/c1-16-24-22(32-28(16)23(30)14-25(2,15-29)33-28)13-21-19-7-6-17-12-18(31-5)8-10-26(17,3)20(19)9-11-27(21,24)4/h16-24,29-30H,6-15H2,1-5H3/t16-,17-,18-,19+,20-,21-,22-,23+,24-,25+,26-,27-,28+/m0/s1. The van der Waals surface area contributed by atoms with Crippen molar-refractivity contribution in [2.24, 2.45) is 46.3 Å². The lowest BCUT2D eigenvalue weighted by Gasteiger charge is -2.61. The second kappa shape index (κ2) is 7.41. The molecule has 0 unspecified atom stereocenters. The molecule has 0 bridgehead atoms. The van der Waals surface area contributed by atoms with Gasteiger partial charge in [-0.2, -0.15) is 0 Å². The molecule has 6 rings (SSSR count). The SMILES string of the molecule is CO[C@H]1CC[C@@]2(C)[C@@H](CC[C@@H]3[C@@H]2CC[C@]2(C)[C@@H]4[C@H](C[C@@H]32)O[C@@]2(O[C@@](C)(CO)C[C@H]2O)[C@H]4C)C1. The molecule has 6 fully saturated rings. The number of ether oxygens (including phenoxy) is 3. The summed E-state index contributed by atoms with van der Waals surface area (Å²) in [4.78, 5) is 0. The van der Waals surface area contributed by atoms with Crippen LogP contribution in [0.5, 0.6) is 0 Å². The number of hydrogen-bond acceptors (Lipinski definition) is 5. The third kappa shape index (κ3) is 2.95. The van der Waals surface area contributed by atoms with E-state index >= 15 is 0 Å². The summed E-state index contributed by atoms with van der Waals surface area (Å²) in [7, 11) is 1.89. The fraction of sp³-hybridized carbons (Fsp3) is 1.00. The van der Waals surface area contributed by atoms with Crippen molar-refractivity contribution in [3.05, 3.63) is 0 Å². The highest BCUT2D eigenvalue weighted by atomic mass is 16.7. The van der Waals surface area contributed by atoms with Crippen LogP contribution in [0.25, 0.3) is 0 Å². The van der Waals surface area contributed by atoms with Gasteiger partial charge in [-0.15, -0.1) is 0 Å². The molecule has 13 atom stereocenters. The maximum atomic E-state index is 11.1. The first-order chi connectivity index (χ1) is 15.6. The molecule has 0 radical (unpaired) electrons. The van der Waals surface area contributed by atoms with Crippen molar-refractivity contribution in [2.45, 2.75) is 115 Å². The van der Waals surface area contributed by atoms with E-state index in [0.29, 0.717) is 29.8 Å². The monoisotopic (exact) mass is 462 g/mol. The fourth-order valence-corrected chi connectivity index (χ4v) is 10.7. The van der Waals surface area contributed by atoms with Crippen LogP contribution in [0, 0.1) is 46.3 Å². The van der Waals surface area contributed by atoms with Crippen LogP contribution < -0.4 is 0 Å². The molecule has 188 valence electrons. The van der Waals surface area contributed by atoms with Gasteiger partial charge in [0.15, 0.2) is 5.79 Å². The predicted molar refractivity (Wildman–Crippen MR) is 125 cm³/mol. The average Bonchev–Trinajstić information content (AvgIpc) is 3.34. The normalized spacial score (nSPS) is 62.1. The summed E-state index contributed by atoms with van der Waals surface area (Å²) in [6.45, 7) is 9.24. The first-order valence-electron chi connectivity index (χ1n) is 13.8. The molecule has 4 saturated carbocycles. The highest BCUT2D eigenvalue weighted by molar-refractivity contribution is 5.17. The summed E-state index contributed by atoms with van der Waals surface area (Å²) < 4.78 is 18.9. The number of aliphatic hydroxyl groups excluding tert-OH is 2. The zero-order valence-corrected chi connectivity index (χ0v) is 21.4. The van der Waals surface area contributed by atoms with E-state index in [2.05, 4.69) is 20.8 Å². The maximum absolute atomic E-state index is 11.1. The smallest absolute Gasteiger partial charge is 0.198 e. The molecule has 2 heterocycles. The van der Waals surface area contributed by atoms with Crippen LogP contribution in [0.3, 0.4) is 0 Å². The predicted octanol–water partition coefficient (Wildman–Crippen LogP) is 4.53. The summed E-state index contributed by atoms with van der Waals surface area (Å²) in [5.74, 6) is 2.79. The first kappa shape index (κ1) is 23.2. The van der Waals surface area contributed by atoms with Crippen molar-refractivity contribution in [3.8, 4) is 0 Å². The third-order valence-electron chi connectivity index (χ3n) is 12.4. The second-order valence-electron chi connectivity index (χ2n) is 13.7. The largest absolute Gasteiger partial charge is 0.393 e. The molecular weight excluding hydrogens is 416 g/mol. The van der Waals surface area contributed by atoms with Crippen molar-refractivity contribution in [1.82, 2.24) is 0 Å². The van der Waals surface area contributed by atoms with Gasteiger partial charge in [-0.1, -0.05) is 20.8 Å². The molecule has 2 aliphatic heterocycles. The summed E-state index contributed by atoms with van der Waals surface area (Å²) in [5.41, 5.74) is 0.0135. The molecule has 2 saturated heterocycles. The Morgan fingerprint density at radius 1 is 0.970 bits per heavy atom. The van der Waals surface area contributed by atoms with Gasteiger partial charge >= 0.3 is 0 Å². The van der Waals surface area contributed by atoms with E-state index in [1.54, 1.807) is 0 Å². The molecule has 0 aromatic carbocycles. The quantitative estimate of drug-likeness (QED) is 0.631.